The first-order valence-corrected chi connectivity index (χ1v) is 11.1. The Morgan fingerprint density at radius 3 is 2.80 bits per heavy atom. The van der Waals surface area contributed by atoms with Gasteiger partial charge in [-0.1, -0.05) is 24.3 Å². The third-order valence-corrected chi connectivity index (χ3v) is 6.63. The zero-order chi connectivity index (χ0) is 20.9. The molecular formula is C24H24N2O3S. The van der Waals surface area contributed by atoms with Gasteiger partial charge in [0.2, 0.25) is 5.91 Å². The van der Waals surface area contributed by atoms with Crippen molar-refractivity contribution in [2.75, 3.05) is 11.5 Å². The summed E-state index contributed by atoms with van der Waals surface area (Å²) in [7, 11) is 0. The van der Waals surface area contributed by atoms with Crippen LogP contribution in [0.25, 0.3) is 0 Å². The molecule has 154 valence electrons. The summed E-state index contributed by atoms with van der Waals surface area (Å²) in [6, 6.07) is 14.0. The molecule has 2 aliphatic rings. The van der Waals surface area contributed by atoms with E-state index in [0.717, 1.165) is 33.2 Å². The van der Waals surface area contributed by atoms with E-state index in [0.29, 0.717) is 19.6 Å². The van der Waals surface area contributed by atoms with Crippen LogP contribution in [0.5, 0.6) is 11.5 Å². The Hall–Kier alpha value is -2.86. The van der Waals surface area contributed by atoms with Gasteiger partial charge in [0.1, 0.15) is 22.5 Å². The van der Waals surface area contributed by atoms with Crippen LogP contribution in [0.3, 0.4) is 0 Å². The highest BCUT2D eigenvalue weighted by atomic mass is 32.1. The third kappa shape index (κ3) is 2.82. The molecule has 2 aliphatic heterocycles. The van der Waals surface area contributed by atoms with E-state index in [1.807, 2.05) is 68.3 Å². The number of rotatable bonds is 4. The summed E-state index contributed by atoms with van der Waals surface area (Å²) >= 11 is 1.57. The van der Waals surface area contributed by atoms with Crippen molar-refractivity contribution in [3.8, 4) is 11.5 Å². The van der Waals surface area contributed by atoms with Crippen molar-refractivity contribution in [2.45, 2.75) is 44.8 Å². The maximum atomic E-state index is 14.2. The third-order valence-electron chi connectivity index (χ3n) is 5.86. The van der Waals surface area contributed by atoms with Crippen molar-refractivity contribution in [3.05, 3.63) is 70.2 Å². The van der Waals surface area contributed by atoms with Gasteiger partial charge < -0.3 is 14.4 Å². The van der Waals surface area contributed by atoms with Gasteiger partial charge in [-0.05, 0) is 38.5 Å². The Kier molecular flexibility index (Phi) is 4.36. The Labute approximate surface area is 180 Å². The zero-order valence-electron chi connectivity index (χ0n) is 17.3. The molecule has 0 saturated heterocycles. The van der Waals surface area contributed by atoms with Crippen LogP contribution in [0.15, 0.2) is 54.2 Å². The predicted molar refractivity (Wildman–Crippen MR) is 117 cm³/mol. The molecule has 5 nitrogen and oxygen atoms in total. The molecule has 1 aromatic heterocycles. The molecule has 3 aromatic rings. The van der Waals surface area contributed by atoms with Gasteiger partial charge in [-0.25, -0.2) is 0 Å². The van der Waals surface area contributed by atoms with E-state index in [1.165, 1.54) is 0 Å². The number of hydrogen-bond donors (Lipinski definition) is 0. The van der Waals surface area contributed by atoms with Crippen molar-refractivity contribution >= 4 is 22.9 Å². The second-order valence-corrected chi connectivity index (χ2v) is 9.38. The zero-order valence-corrected chi connectivity index (χ0v) is 18.2. The molecule has 1 atom stereocenters. The van der Waals surface area contributed by atoms with Crippen molar-refractivity contribution in [3.63, 3.8) is 0 Å². The standard InChI is InChI=1S/C24H24N2O3S/c1-4-28-16-9-10-19-21(11-16)29-23(2,3)14-24(19)18-7-5-6-8-20(18)26(22(24)27)13-17-12-25-15-30-17/h5-12,15H,4,13-14H2,1-3H3. The van der Waals surface area contributed by atoms with Crippen molar-refractivity contribution in [1.82, 2.24) is 4.98 Å². The summed E-state index contributed by atoms with van der Waals surface area (Å²) < 4.78 is 12.0. The van der Waals surface area contributed by atoms with Crippen molar-refractivity contribution in [2.24, 2.45) is 0 Å². The lowest BCUT2D eigenvalue weighted by molar-refractivity contribution is -0.124. The van der Waals surface area contributed by atoms with Gasteiger partial charge in [-0.2, -0.15) is 0 Å². The van der Waals surface area contributed by atoms with Gasteiger partial charge >= 0.3 is 0 Å². The molecular weight excluding hydrogens is 396 g/mol. The normalized spacial score (nSPS) is 21.3. The summed E-state index contributed by atoms with van der Waals surface area (Å²) in [5.41, 5.74) is 3.45. The molecule has 30 heavy (non-hydrogen) atoms. The molecule has 2 aromatic carbocycles. The summed E-state index contributed by atoms with van der Waals surface area (Å²) in [5.74, 6) is 1.57. The lowest BCUT2D eigenvalue weighted by Gasteiger charge is -2.43. The predicted octanol–water partition coefficient (Wildman–Crippen LogP) is 4.94. The topological polar surface area (TPSA) is 51.7 Å². The monoisotopic (exact) mass is 420 g/mol. The smallest absolute Gasteiger partial charge is 0.242 e. The number of carbonyl (C=O) groups excluding carboxylic acids is 1. The molecule has 0 aliphatic carbocycles. The van der Waals surface area contributed by atoms with Crippen LogP contribution >= 0.6 is 11.3 Å². The van der Waals surface area contributed by atoms with Gasteiger partial charge in [0.05, 0.1) is 18.7 Å². The van der Waals surface area contributed by atoms with E-state index >= 15 is 0 Å². The van der Waals surface area contributed by atoms with Crippen LogP contribution < -0.4 is 14.4 Å². The number of para-hydroxylation sites is 1. The fraction of sp³-hybridized carbons (Fsp3) is 0.333. The number of nitrogens with zero attached hydrogens (tertiary/aromatic N) is 2. The first-order chi connectivity index (χ1) is 14.4. The quantitative estimate of drug-likeness (QED) is 0.600. The first kappa shape index (κ1) is 19.1. The molecule has 5 rings (SSSR count). The minimum Gasteiger partial charge on any atom is -0.494 e. The van der Waals surface area contributed by atoms with Gasteiger partial charge in [0.25, 0.3) is 0 Å². The molecule has 1 amide bonds. The van der Waals surface area contributed by atoms with E-state index in [1.54, 1.807) is 16.8 Å². The van der Waals surface area contributed by atoms with Crippen LogP contribution in [-0.4, -0.2) is 23.1 Å². The number of hydrogen-bond acceptors (Lipinski definition) is 5. The maximum absolute atomic E-state index is 14.2. The first-order valence-electron chi connectivity index (χ1n) is 10.2. The molecule has 6 heteroatoms. The number of fused-ring (bicyclic) bond motifs is 4. The highest BCUT2D eigenvalue weighted by Gasteiger charge is 2.58. The fourth-order valence-electron chi connectivity index (χ4n) is 4.85. The summed E-state index contributed by atoms with van der Waals surface area (Å²) in [5, 5.41) is 0. The van der Waals surface area contributed by atoms with Crippen LogP contribution in [0.4, 0.5) is 5.69 Å². The molecule has 3 heterocycles. The van der Waals surface area contributed by atoms with Crippen LogP contribution in [0, 0.1) is 0 Å². The minimum atomic E-state index is -0.775. The highest BCUT2D eigenvalue weighted by molar-refractivity contribution is 7.09. The Morgan fingerprint density at radius 2 is 2.03 bits per heavy atom. The highest BCUT2D eigenvalue weighted by Crippen LogP contribution is 2.56. The lowest BCUT2D eigenvalue weighted by atomic mass is 9.67. The molecule has 1 spiro atoms. The largest absolute Gasteiger partial charge is 0.494 e. The fourth-order valence-corrected chi connectivity index (χ4v) is 5.44. The second-order valence-electron chi connectivity index (χ2n) is 8.41. The van der Waals surface area contributed by atoms with Crippen LogP contribution in [-0.2, 0) is 16.8 Å². The number of benzene rings is 2. The van der Waals surface area contributed by atoms with Crippen molar-refractivity contribution in [1.29, 1.82) is 0 Å². The van der Waals surface area contributed by atoms with Gasteiger partial charge in [0, 0.05) is 34.8 Å². The number of ether oxygens (including phenoxy) is 2. The Balaban J connectivity index is 1.70. The Morgan fingerprint density at radius 1 is 1.20 bits per heavy atom. The average Bonchev–Trinajstić information content (AvgIpc) is 3.30. The number of thiazole rings is 1. The SMILES string of the molecule is CCOc1ccc2c(c1)OC(C)(C)CC21C(=O)N(Cc2cncs2)c2ccccc21. The molecule has 0 fully saturated rings. The van der Waals surface area contributed by atoms with Crippen molar-refractivity contribution < 1.29 is 14.3 Å². The van der Waals surface area contributed by atoms with E-state index in [9.17, 15) is 4.79 Å². The molecule has 0 saturated carbocycles. The van der Waals surface area contributed by atoms with E-state index < -0.39 is 11.0 Å². The van der Waals surface area contributed by atoms with Gasteiger partial charge in [0.15, 0.2) is 0 Å². The maximum Gasteiger partial charge on any atom is 0.242 e. The molecule has 0 N–H and O–H groups in total. The number of anilines is 1. The summed E-state index contributed by atoms with van der Waals surface area (Å²) in [4.78, 5) is 21.3. The molecule has 0 bridgehead atoms. The number of carbonyl (C=O) groups is 1. The summed E-state index contributed by atoms with van der Waals surface area (Å²) in [6.45, 7) is 7.16. The van der Waals surface area contributed by atoms with Crippen LogP contribution in [0.1, 0.15) is 43.2 Å². The number of aromatic nitrogens is 1. The molecule has 0 radical (unpaired) electrons. The van der Waals surface area contributed by atoms with E-state index in [-0.39, 0.29) is 5.91 Å². The second kappa shape index (κ2) is 6.84. The minimum absolute atomic E-state index is 0.0962. The van der Waals surface area contributed by atoms with E-state index in [2.05, 4.69) is 11.1 Å². The lowest BCUT2D eigenvalue weighted by Crippen LogP contribution is -2.50. The van der Waals surface area contributed by atoms with Crippen LogP contribution in [0.2, 0.25) is 0 Å². The average molecular weight is 421 g/mol. The number of amides is 1. The molecule has 1 unspecified atom stereocenters. The van der Waals surface area contributed by atoms with Gasteiger partial charge in [-0.15, -0.1) is 11.3 Å². The Bertz CT molecular complexity index is 1110. The summed E-state index contributed by atoms with van der Waals surface area (Å²) in [6.07, 6.45) is 2.41. The van der Waals surface area contributed by atoms with E-state index in [4.69, 9.17) is 9.47 Å². The van der Waals surface area contributed by atoms with Gasteiger partial charge in [-0.3, -0.25) is 9.78 Å².